The summed E-state index contributed by atoms with van der Waals surface area (Å²) in [5.74, 6) is 0.145. The van der Waals surface area contributed by atoms with Gasteiger partial charge in [0.05, 0.1) is 6.54 Å². The zero-order valence-electron chi connectivity index (χ0n) is 14.8. The Kier molecular flexibility index (Phi) is 5.05. The molecule has 0 N–H and O–H groups in total. The maximum absolute atomic E-state index is 12.8. The molecular weight excluding hydrogens is 312 g/mol. The summed E-state index contributed by atoms with van der Waals surface area (Å²) in [6.45, 7) is 7.50. The molecule has 132 valence electrons. The van der Waals surface area contributed by atoms with Gasteiger partial charge in [0, 0.05) is 13.5 Å². The van der Waals surface area contributed by atoms with E-state index < -0.39 is 23.3 Å². The molecule has 2 heterocycles. The summed E-state index contributed by atoms with van der Waals surface area (Å²) in [6, 6.07) is -0.655. The third-order valence-electron chi connectivity index (χ3n) is 4.49. The van der Waals surface area contributed by atoms with E-state index in [9.17, 15) is 14.4 Å². The fourth-order valence-electron chi connectivity index (χ4n) is 2.95. The van der Waals surface area contributed by atoms with Crippen LogP contribution in [0.3, 0.4) is 0 Å². The van der Waals surface area contributed by atoms with Crippen molar-refractivity contribution in [3.63, 3.8) is 0 Å². The highest BCUT2D eigenvalue weighted by atomic mass is 16.5. The average Bonchev–Trinajstić information content (AvgIpc) is 2.97. The van der Waals surface area contributed by atoms with E-state index in [0.29, 0.717) is 31.1 Å². The van der Waals surface area contributed by atoms with E-state index in [0.717, 1.165) is 9.80 Å². The number of nitrogens with zero attached hydrogens (tertiary/aromatic N) is 4. The highest BCUT2D eigenvalue weighted by molar-refractivity contribution is 6.18. The standard InChI is InChI=1S/C16H24N4O4/c1-6-16(7-2)13(21)19(5)15(23)20(14(16)22)9-11-17-12(24-18-11)8-10(3)4/h10H,6-9H2,1-5H3. The third-order valence-corrected chi connectivity index (χ3v) is 4.49. The Morgan fingerprint density at radius 1 is 1.12 bits per heavy atom. The van der Waals surface area contributed by atoms with Gasteiger partial charge in [0.15, 0.2) is 5.82 Å². The fourth-order valence-corrected chi connectivity index (χ4v) is 2.95. The predicted molar refractivity (Wildman–Crippen MR) is 84.6 cm³/mol. The van der Waals surface area contributed by atoms with E-state index in [1.165, 1.54) is 7.05 Å². The lowest BCUT2D eigenvalue weighted by Crippen LogP contribution is -2.63. The number of amides is 4. The molecular formula is C16H24N4O4. The SMILES string of the molecule is CCC1(CC)C(=O)N(C)C(=O)N(Cc2noc(CC(C)C)n2)C1=O. The molecule has 0 saturated carbocycles. The lowest BCUT2D eigenvalue weighted by molar-refractivity contribution is -0.159. The molecule has 8 heteroatoms. The quantitative estimate of drug-likeness (QED) is 0.737. The lowest BCUT2D eigenvalue weighted by Gasteiger charge is -2.41. The predicted octanol–water partition coefficient (Wildman–Crippen LogP) is 2.00. The van der Waals surface area contributed by atoms with Gasteiger partial charge in [-0.3, -0.25) is 19.4 Å². The van der Waals surface area contributed by atoms with Gasteiger partial charge < -0.3 is 4.52 Å². The molecule has 0 aromatic carbocycles. The second-order valence-electron chi connectivity index (χ2n) is 6.53. The van der Waals surface area contributed by atoms with Crippen LogP contribution in [0.4, 0.5) is 4.79 Å². The molecule has 0 radical (unpaired) electrons. The Morgan fingerprint density at radius 2 is 1.75 bits per heavy atom. The minimum Gasteiger partial charge on any atom is -0.339 e. The van der Waals surface area contributed by atoms with Crippen LogP contribution in [0.5, 0.6) is 0 Å². The monoisotopic (exact) mass is 336 g/mol. The Hall–Kier alpha value is -2.25. The molecule has 0 bridgehead atoms. The number of hydrogen-bond acceptors (Lipinski definition) is 6. The number of hydrogen-bond donors (Lipinski definition) is 0. The maximum Gasteiger partial charge on any atom is 0.333 e. The van der Waals surface area contributed by atoms with Crippen LogP contribution in [0.25, 0.3) is 0 Å². The fraction of sp³-hybridized carbons (Fsp3) is 0.688. The van der Waals surface area contributed by atoms with Gasteiger partial charge >= 0.3 is 6.03 Å². The molecule has 1 saturated heterocycles. The minimum atomic E-state index is -1.20. The molecule has 1 aliphatic heterocycles. The van der Waals surface area contributed by atoms with Crippen molar-refractivity contribution in [3.05, 3.63) is 11.7 Å². The van der Waals surface area contributed by atoms with Crippen LogP contribution in [-0.2, 0) is 22.6 Å². The lowest BCUT2D eigenvalue weighted by atomic mass is 9.78. The summed E-state index contributed by atoms with van der Waals surface area (Å²) in [5.41, 5.74) is -1.20. The zero-order valence-corrected chi connectivity index (χ0v) is 14.8. The zero-order chi connectivity index (χ0) is 18.1. The van der Waals surface area contributed by atoms with E-state index in [2.05, 4.69) is 10.1 Å². The summed E-state index contributed by atoms with van der Waals surface area (Å²) >= 11 is 0. The van der Waals surface area contributed by atoms with E-state index >= 15 is 0 Å². The summed E-state index contributed by atoms with van der Waals surface area (Å²) in [5, 5.41) is 3.84. The van der Waals surface area contributed by atoms with Gasteiger partial charge in [0.1, 0.15) is 5.41 Å². The summed E-state index contributed by atoms with van der Waals surface area (Å²) in [7, 11) is 1.39. The molecule has 1 aliphatic rings. The van der Waals surface area contributed by atoms with Crippen molar-refractivity contribution in [3.8, 4) is 0 Å². The first-order chi connectivity index (χ1) is 11.3. The van der Waals surface area contributed by atoms with Crippen molar-refractivity contribution < 1.29 is 18.9 Å². The normalized spacial score (nSPS) is 18.0. The summed E-state index contributed by atoms with van der Waals surface area (Å²) < 4.78 is 5.15. The molecule has 24 heavy (non-hydrogen) atoms. The molecule has 0 spiro atoms. The minimum absolute atomic E-state index is 0.0986. The Labute approximate surface area is 141 Å². The van der Waals surface area contributed by atoms with Gasteiger partial charge in [-0.15, -0.1) is 0 Å². The van der Waals surface area contributed by atoms with E-state index in [1.54, 1.807) is 13.8 Å². The second kappa shape index (κ2) is 6.70. The van der Waals surface area contributed by atoms with Crippen LogP contribution in [0.1, 0.15) is 52.3 Å². The van der Waals surface area contributed by atoms with Crippen molar-refractivity contribution in [2.45, 2.75) is 53.5 Å². The first-order valence-corrected chi connectivity index (χ1v) is 8.22. The maximum atomic E-state index is 12.8. The Bertz CT molecular complexity index is 648. The number of rotatable bonds is 6. The number of carbonyl (C=O) groups is 3. The first-order valence-electron chi connectivity index (χ1n) is 8.22. The van der Waals surface area contributed by atoms with Crippen LogP contribution in [0.2, 0.25) is 0 Å². The highest BCUT2D eigenvalue weighted by Crippen LogP contribution is 2.35. The largest absolute Gasteiger partial charge is 0.339 e. The van der Waals surface area contributed by atoms with Crippen LogP contribution in [0.15, 0.2) is 4.52 Å². The first kappa shape index (κ1) is 18.1. The third kappa shape index (κ3) is 2.92. The number of carbonyl (C=O) groups excluding carboxylic acids is 3. The molecule has 4 amide bonds. The number of barbiturate groups is 1. The van der Waals surface area contributed by atoms with Crippen molar-refractivity contribution in [1.82, 2.24) is 19.9 Å². The smallest absolute Gasteiger partial charge is 0.333 e. The van der Waals surface area contributed by atoms with Crippen molar-refractivity contribution in [2.75, 3.05) is 7.05 Å². The number of imide groups is 2. The Balaban J connectivity index is 2.28. The van der Waals surface area contributed by atoms with Gasteiger partial charge in [0.25, 0.3) is 0 Å². The molecule has 0 aliphatic carbocycles. The van der Waals surface area contributed by atoms with Crippen LogP contribution < -0.4 is 0 Å². The van der Waals surface area contributed by atoms with Crippen LogP contribution >= 0.6 is 0 Å². The van der Waals surface area contributed by atoms with E-state index in [4.69, 9.17) is 4.52 Å². The second-order valence-corrected chi connectivity index (χ2v) is 6.53. The highest BCUT2D eigenvalue weighted by Gasteiger charge is 2.54. The summed E-state index contributed by atoms with van der Waals surface area (Å²) in [6.07, 6.45) is 1.29. The van der Waals surface area contributed by atoms with Gasteiger partial charge in [-0.1, -0.05) is 32.9 Å². The van der Waals surface area contributed by atoms with Crippen molar-refractivity contribution >= 4 is 17.8 Å². The van der Waals surface area contributed by atoms with E-state index in [1.807, 2.05) is 13.8 Å². The summed E-state index contributed by atoms with van der Waals surface area (Å²) in [4.78, 5) is 43.9. The molecule has 0 atom stereocenters. The van der Waals surface area contributed by atoms with Gasteiger partial charge in [0.2, 0.25) is 17.7 Å². The topological polar surface area (TPSA) is 96.6 Å². The van der Waals surface area contributed by atoms with E-state index in [-0.39, 0.29) is 12.4 Å². The van der Waals surface area contributed by atoms with Gasteiger partial charge in [-0.05, 0) is 18.8 Å². The van der Waals surface area contributed by atoms with Crippen molar-refractivity contribution in [1.29, 1.82) is 0 Å². The number of urea groups is 1. The molecule has 1 aromatic rings. The molecule has 2 rings (SSSR count). The number of aromatic nitrogens is 2. The van der Waals surface area contributed by atoms with Crippen LogP contribution in [0, 0.1) is 11.3 Å². The van der Waals surface area contributed by atoms with Crippen molar-refractivity contribution in [2.24, 2.45) is 11.3 Å². The molecule has 1 aromatic heterocycles. The molecule has 8 nitrogen and oxygen atoms in total. The molecule has 0 unspecified atom stereocenters. The van der Waals surface area contributed by atoms with Crippen LogP contribution in [-0.4, -0.2) is 44.8 Å². The molecule has 1 fully saturated rings. The van der Waals surface area contributed by atoms with Gasteiger partial charge in [-0.25, -0.2) is 4.79 Å². The van der Waals surface area contributed by atoms with Gasteiger partial charge in [-0.2, -0.15) is 4.98 Å². The average molecular weight is 336 g/mol. The Morgan fingerprint density at radius 3 is 2.29 bits per heavy atom.